The van der Waals surface area contributed by atoms with Crippen molar-refractivity contribution in [3.63, 3.8) is 0 Å². The van der Waals surface area contributed by atoms with E-state index in [2.05, 4.69) is 41.6 Å². The Hall–Kier alpha value is -1.89. The van der Waals surface area contributed by atoms with Crippen LogP contribution in [0.15, 0.2) is 29.4 Å². The van der Waals surface area contributed by atoms with Gasteiger partial charge in [0.1, 0.15) is 0 Å². The zero-order valence-electron chi connectivity index (χ0n) is 14.2. The fourth-order valence-electron chi connectivity index (χ4n) is 2.17. The van der Waals surface area contributed by atoms with Crippen molar-refractivity contribution in [1.82, 2.24) is 20.2 Å². The smallest absolute Gasteiger partial charge is 0.234 e. The third-order valence-corrected chi connectivity index (χ3v) is 4.23. The lowest BCUT2D eigenvalue weighted by molar-refractivity contribution is -0.113. The predicted octanol–water partition coefficient (Wildman–Crippen LogP) is 3.28. The number of para-hydroxylation sites is 1. The summed E-state index contributed by atoms with van der Waals surface area (Å²) < 4.78 is 1.71. The summed E-state index contributed by atoms with van der Waals surface area (Å²) in [6.45, 7) is 10.4. The largest absolute Gasteiger partial charge is 0.325 e. The fraction of sp³-hybridized carbons (Fsp3) is 0.500. The molecule has 7 heteroatoms. The maximum absolute atomic E-state index is 12.3. The van der Waals surface area contributed by atoms with E-state index in [1.807, 2.05) is 38.1 Å². The van der Waals surface area contributed by atoms with Crippen molar-refractivity contribution in [3.8, 4) is 0 Å². The van der Waals surface area contributed by atoms with Gasteiger partial charge in [0.2, 0.25) is 11.1 Å². The average Bonchev–Trinajstić information content (AvgIpc) is 2.93. The first kappa shape index (κ1) is 17.5. The molecule has 6 nitrogen and oxygen atoms in total. The number of rotatable bonds is 5. The van der Waals surface area contributed by atoms with Crippen LogP contribution in [0.2, 0.25) is 0 Å². The molecule has 0 saturated carbocycles. The molecule has 2 rings (SSSR count). The lowest BCUT2D eigenvalue weighted by Crippen LogP contribution is -2.20. The number of nitrogens with one attached hydrogen (secondary N) is 1. The SMILES string of the molecule is CC(C)n1nnnc1SCC(=O)Nc1ccccc1C(C)(C)C. The van der Waals surface area contributed by atoms with Crippen LogP contribution < -0.4 is 5.32 Å². The van der Waals surface area contributed by atoms with E-state index in [0.29, 0.717) is 5.16 Å². The maximum Gasteiger partial charge on any atom is 0.234 e. The number of carbonyl (C=O) groups excluding carboxylic acids is 1. The molecule has 0 aliphatic rings. The van der Waals surface area contributed by atoms with Crippen LogP contribution >= 0.6 is 11.8 Å². The number of tetrazole rings is 1. The Kier molecular flexibility index (Phi) is 5.41. The lowest BCUT2D eigenvalue weighted by atomic mass is 9.86. The zero-order valence-corrected chi connectivity index (χ0v) is 15.0. The van der Waals surface area contributed by atoms with Crippen LogP contribution in [0, 0.1) is 0 Å². The summed E-state index contributed by atoms with van der Waals surface area (Å²) in [4.78, 5) is 12.3. The molecule has 23 heavy (non-hydrogen) atoms. The van der Waals surface area contributed by atoms with Gasteiger partial charge in [0, 0.05) is 5.69 Å². The molecule has 0 aliphatic heterocycles. The lowest BCUT2D eigenvalue weighted by Gasteiger charge is -2.22. The summed E-state index contributed by atoms with van der Waals surface area (Å²) in [6, 6.07) is 8.06. The van der Waals surface area contributed by atoms with Crippen LogP contribution in [0.1, 0.15) is 46.2 Å². The Labute approximate surface area is 141 Å². The highest BCUT2D eigenvalue weighted by atomic mass is 32.2. The average molecular weight is 333 g/mol. The molecule has 1 amide bonds. The van der Waals surface area contributed by atoms with Crippen molar-refractivity contribution >= 4 is 23.4 Å². The number of nitrogens with zero attached hydrogens (tertiary/aromatic N) is 4. The van der Waals surface area contributed by atoms with Gasteiger partial charge in [0.25, 0.3) is 0 Å². The highest BCUT2D eigenvalue weighted by Gasteiger charge is 2.19. The molecule has 0 fully saturated rings. The number of benzene rings is 1. The molecular weight excluding hydrogens is 310 g/mol. The first-order valence-electron chi connectivity index (χ1n) is 7.59. The summed E-state index contributed by atoms with van der Waals surface area (Å²) in [5.74, 6) is 0.205. The van der Waals surface area contributed by atoms with E-state index in [4.69, 9.17) is 0 Å². The van der Waals surface area contributed by atoms with Gasteiger partial charge in [-0.15, -0.1) is 5.10 Å². The van der Waals surface area contributed by atoms with Crippen LogP contribution in [-0.2, 0) is 10.2 Å². The maximum atomic E-state index is 12.3. The van der Waals surface area contributed by atoms with Gasteiger partial charge in [-0.3, -0.25) is 4.79 Å². The molecular formula is C16H23N5OS. The van der Waals surface area contributed by atoms with Crippen LogP contribution in [0.5, 0.6) is 0 Å². The van der Waals surface area contributed by atoms with Crippen molar-refractivity contribution in [2.24, 2.45) is 0 Å². The van der Waals surface area contributed by atoms with Crippen molar-refractivity contribution in [1.29, 1.82) is 0 Å². The molecule has 0 spiro atoms. The number of anilines is 1. The topological polar surface area (TPSA) is 72.7 Å². The van der Waals surface area contributed by atoms with Gasteiger partial charge in [-0.1, -0.05) is 50.7 Å². The van der Waals surface area contributed by atoms with Gasteiger partial charge in [-0.2, -0.15) is 0 Å². The Balaban J connectivity index is 2.02. The summed E-state index contributed by atoms with van der Waals surface area (Å²) in [7, 11) is 0. The van der Waals surface area contributed by atoms with E-state index in [1.54, 1.807) is 4.68 Å². The Morgan fingerprint density at radius 2 is 2.00 bits per heavy atom. The Bertz CT molecular complexity index is 675. The molecule has 1 aromatic heterocycles. The van der Waals surface area contributed by atoms with E-state index in [1.165, 1.54) is 11.8 Å². The van der Waals surface area contributed by atoms with E-state index < -0.39 is 0 Å². The Morgan fingerprint density at radius 3 is 2.65 bits per heavy atom. The molecule has 1 heterocycles. The van der Waals surface area contributed by atoms with Crippen molar-refractivity contribution in [3.05, 3.63) is 29.8 Å². The van der Waals surface area contributed by atoms with Crippen LogP contribution in [0.4, 0.5) is 5.69 Å². The molecule has 0 atom stereocenters. The van der Waals surface area contributed by atoms with Crippen molar-refractivity contribution in [2.45, 2.75) is 51.2 Å². The number of amides is 1. The monoisotopic (exact) mass is 333 g/mol. The number of thioether (sulfide) groups is 1. The third-order valence-electron chi connectivity index (χ3n) is 3.29. The first-order valence-corrected chi connectivity index (χ1v) is 8.57. The van der Waals surface area contributed by atoms with E-state index in [9.17, 15) is 4.79 Å². The number of hydrogen-bond donors (Lipinski definition) is 1. The first-order chi connectivity index (χ1) is 10.8. The van der Waals surface area contributed by atoms with Crippen LogP contribution in [0.3, 0.4) is 0 Å². The summed E-state index contributed by atoms with van der Waals surface area (Å²) in [5, 5.41) is 15.2. The Morgan fingerprint density at radius 1 is 1.30 bits per heavy atom. The summed E-state index contributed by atoms with van der Waals surface area (Å²) >= 11 is 1.34. The van der Waals surface area contributed by atoms with Gasteiger partial charge >= 0.3 is 0 Å². The number of carbonyl (C=O) groups is 1. The van der Waals surface area contributed by atoms with Crippen molar-refractivity contribution in [2.75, 3.05) is 11.1 Å². The zero-order chi connectivity index (χ0) is 17.0. The molecule has 2 aromatic rings. The van der Waals surface area contributed by atoms with Crippen LogP contribution in [-0.4, -0.2) is 31.9 Å². The van der Waals surface area contributed by atoms with Crippen LogP contribution in [0.25, 0.3) is 0 Å². The van der Waals surface area contributed by atoms with Gasteiger partial charge in [0.05, 0.1) is 11.8 Å². The van der Waals surface area contributed by atoms with Gasteiger partial charge in [0.15, 0.2) is 0 Å². The molecule has 0 unspecified atom stereocenters. The highest BCUT2D eigenvalue weighted by Crippen LogP contribution is 2.29. The second-order valence-corrected chi connectivity index (χ2v) is 7.57. The normalized spacial score (nSPS) is 11.7. The van der Waals surface area contributed by atoms with E-state index >= 15 is 0 Å². The summed E-state index contributed by atoms with van der Waals surface area (Å²) in [6.07, 6.45) is 0. The van der Waals surface area contributed by atoms with Gasteiger partial charge in [-0.25, -0.2) is 4.68 Å². The molecule has 0 radical (unpaired) electrons. The predicted molar refractivity (Wildman–Crippen MR) is 92.7 cm³/mol. The standard InChI is InChI=1S/C16H23N5OS/c1-11(2)21-15(18-19-20-21)23-10-14(22)17-13-9-7-6-8-12(13)16(3,4)5/h6-9,11H,10H2,1-5H3,(H,17,22). The second kappa shape index (κ2) is 7.12. The quantitative estimate of drug-likeness (QED) is 0.850. The minimum absolute atomic E-state index is 0.0290. The van der Waals surface area contributed by atoms with Crippen molar-refractivity contribution < 1.29 is 4.79 Å². The minimum atomic E-state index is -0.0648. The third kappa shape index (κ3) is 4.54. The molecule has 1 N–H and O–H groups in total. The number of aromatic nitrogens is 4. The fourth-order valence-corrected chi connectivity index (χ4v) is 2.97. The molecule has 1 aromatic carbocycles. The molecule has 0 aliphatic carbocycles. The molecule has 124 valence electrons. The molecule has 0 bridgehead atoms. The van der Waals surface area contributed by atoms with E-state index in [-0.39, 0.29) is 23.1 Å². The second-order valence-electron chi connectivity index (χ2n) is 6.63. The van der Waals surface area contributed by atoms with Gasteiger partial charge < -0.3 is 5.32 Å². The highest BCUT2D eigenvalue weighted by molar-refractivity contribution is 7.99. The van der Waals surface area contributed by atoms with Gasteiger partial charge in [-0.05, 0) is 41.3 Å². The summed E-state index contributed by atoms with van der Waals surface area (Å²) in [5.41, 5.74) is 1.94. The minimum Gasteiger partial charge on any atom is -0.325 e. The number of hydrogen-bond acceptors (Lipinski definition) is 5. The molecule has 0 saturated heterocycles. The van der Waals surface area contributed by atoms with E-state index in [0.717, 1.165) is 11.3 Å².